The lowest BCUT2D eigenvalue weighted by Gasteiger charge is -2.27. The van der Waals surface area contributed by atoms with Crippen molar-refractivity contribution in [3.8, 4) is 17.2 Å². The second-order valence-corrected chi connectivity index (χ2v) is 4.96. The van der Waals surface area contributed by atoms with Crippen LogP contribution in [-0.4, -0.2) is 43.0 Å². The molecule has 0 aliphatic rings. The minimum absolute atomic E-state index is 0.0736. The Labute approximate surface area is 122 Å². The molecule has 0 fully saturated rings. The van der Waals surface area contributed by atoms with Crippen LogP contribution in [0.3, 0.4) is 0 Å². The first-order chi connectivity index (χ1) is 9.67. The van der Waals surface area contributed by atoms with Gasteiger partial charge in [-0.05, 0) is 31.5 Å². The van der Waals surface area contributed by atoms with Crippen molar-refractivity contribution in [1.29, 1.82) is 0 Å². The van der Waals surface area contributed by atoms with Gasteiger partial charge in [0.1, 0.15) is 0 Å². The maximum absolute atomic E-state index is 12.6. The molecule has 0 atom stereocenters. The van der Waals surface area contributed by atoms with Crippen molar-refractivity contribution >= 4 is 0 Å². The zero-order chi connectivity index (χ0) is 16.2. The van der Waals surface area contributed by atoms with E-state index in [-0.39, 0.29) is 29.8 Å². The first kappa shape index (κ1) is 17.4. The summed E-state index contributed by atoms with van der Waals surface area (Å²) in [4.78, 5) is 1.28. The van der Waals surface area contributed by atoms with Gasteiger partial charge in [-0.1, -0.05) is 0 Å². The molecule has 0 radical (unpaired) electrons. The molecule has 1 aromatic carbocycles. The highest BCUT2D eigenvalue weighted by Gasteiger charge is 2.32. The van der Waals surface area contributed by atoms with Gasteiger partial charge in [-0.2, -0.15) is 13.2 Å². The largest absolute Gasteiger partial charge is 0.502 e. The summed E-state index contributed by atoms with van der Waals surface area (Å²) in [5.74, 6) is 0.163. The van der Waals surface area contributed by atoms with Gasteiger partial charge in [-0.25, -0.2) is 0 Å². The number of aromatic hydroxyl groups is 1. The number of benzene rings is 1. The third-order valence-corrected chi connectivity index (χ3v) is 3.04. The molecule has 120 valence electrons. The summed E-state index contributed by atoms with van der Waals surface area (Å²) in [5.41, 5.74) is 0.569. The van der Waals surface area contributed by atoms with E-state index >= 15 is 0 Å². The monoisotopic (exact) mass is 307 g/mol. The summed E-state index contributed by atoms with van der Waals surface area (Å²) < 4.78 is 47.8. The predicted octanol–water partition coefficient (Wildman–Crippen LogP) is 3.18. The van der Waals surface area contributed by atoms with E-state index < -0.39 is 12.7 Å². The fourth-order valence-electron chi connectivity index (χ4n) is 1.92. The molecule has 0 spiro atoms. The molecule has 1 N–H and O–H groups in total. The molecule has 0 saturated carbocycles. The predicted molar refractivity (Wildman–Crippen MR) is 72.8 cm³/mol. The molecular weight excluding hydrogens is 287 g/mol. The Hall–Kier alpha value is -1.63. The molecular formula is C14H20F3NO3. The Morgan fingerprint density at radius 1 is 1.14 bits per heavy atom. The van der Waals surface area contributed by atoms with Gasteiger partial charge >= 0.3 is 6.18 Å². The van der Waals surface area contributed by atoms with E-state index in [1.54, 1.807) is 13.8 Å². The quantitative estimate of drug-likeness (QED) is 0.876. The molecule has 0 aromatic heterocycles. The van der Waals surface area contributed by atoms with E-state index in [9.17, 15) is 18.3 Å². The number of halogens is 3. The Kier molecular flexibility index (Phi) is 5.71. The first-order valence-electron chi connectivity index (χ1n) is 6.42. The van der Waals surface area contributed by atoms with Gasteiger partial charge in [-0.15, -0.1) is 0 Å². The number of phenols is 1. The third-order valence-electron chi connectivity index (χ3n) is 3.04. The van der Waals surface area contributed by atoms with Crippen LogP contribution in [0.4, 0.5) is 13.2 Å². The number of rotatable bonds is 6. The van der Waals surface area contributed by atoms with Gasteiger partial charge in [0.05, 0.1) is 20.8 Å². The second-order valence-electron chi connectivity index (χ2n) is 4.96. The Balaban J connectivity index is 3.03. The molecule has 0 unspecified atom stereocenters. The topological polar surface area (TPSA) is 41.9 Å². The lowest BCUT2D eigenvalue weighted by Crippen LogP contribution is -2.38. The average Bonchev–Trinajstić information content (AvgIpc) is 2.38. The lowest BCUT2D eigenvalue weighted by atomic mass is 10.1. The van der Waals surface area contributed by atoms with Crippen molar-refractivity contribution in [3.63, 3.8) is 0 Å². The molecule has 1 aromatic rings. The fourth-order valence-corrected chi connectivity index (χ4v) is 1.92. The van der Waals surface area contributed by atoms with E-state index in [0.717, 1.165) is 0 Å². The Bertz CT molecular complexity index is 450. The molecule has 4 nitrogen and oxygen atoms in total. The minimum atomic E-state index is -4.27. The van der Waals surface area contributed by atoms with Crippen molar-refractivity contribution in [1.82, 2.24) is 4.90 Å². The molecule has 0 amide bonds. The van der Waals surface area contributed by atoms with Crippen LogP contribution >= 0.6 is 0 Å². The molecule has 0 aliphatic carbocycles. The van der Waals surface area contributed by atoms with Gasteiger partial charge in [0, 0.05) is 12.6 Å². The normalized spacial score (nSPS) is 12.0. The second kappa shape index (κ2) is 6.89. The van der Waals surface area contributed by atoms with E-state index in [2.05, 4.69) is 0 Å². The number of alkyl halides is 3. The van der Waals surface area contributed by atoms with Gasteiger partial charge in [-0.3, -0.25) is 4.90 Å². The molecule has 21 heavy (non-hydrogen) atoms. The summed E-state index contributed by atoms with van der Waals surface area (Å²) in [5, 5.41) is 9.80. The average molecular weight is 307 g/mol. The van der Waals surface area contributed by atoms with E-state index in [1.165, 1.54) is 31.3 Å². The lowest BCUT2D eigenvalue weighted by molar-refractivity contribution is -0.150. The summed E-state index contributed by atoms with van der Waals surface area (Å²) >= 11 is 0. The van der Waals surface area contributed by atoms with Gasteiger partial charge in [0.2, 0.25) is 5.75 Å². The summed E-state index contributed by atoms with van der Waals surface area (Å²) in [7, 11) is 2.74. The van der Waals surface area contributed by atoms with Crippen LogP contribution in [0.2, 0.25) is 0 Å². The van der Waals surface area contributed by atoms with E-state index in [1.807, 2.05) is 0 Å². The van der Waals surface area contributed by atoms with Crippen LogP contribution in [0.25, 0.3) is 0 Å². The SMILES string of the molecule is COc1cc(CN(CC(F)(F)F)C(C)C)cc(OC)c1O. The van der Waals surface area contributed by atoms with Gasteiger partial charge < -0.3 is 14.6 Å². The highest BCUT2D eigenvalue weighted by molar-refractivity contribution is 5.52. The minimum Gasteiger partial charge on any atom is -0.502 e. The number of ether oxygens (including phenoxy) is 2. The van der Waals surface area contributed by atoms with Crippen LogP contribution in [0, 0.1) is 0 Å². The van der Waals surface area contributed by atoms with Crippen LogP contribution in [0.5, 0.6) is 17.2 Å². The number of hydrogen-bond donors (Lipinski definition) is 1. The summed E-state index contributed by atoms with van der Waals surface area (Å²) in [6, 6.07) is 2.73. The highest BCUT2D eigenvalue weighted by atomic mass is 19.4. The number of methoxy groups -OCH3 is 2. The van der Waals surface area contributed by atoms with Crippen molar-refractivity contribution in [2.75, 3.05) is 20.8 Å². The zero-order valence-electron chi connectivity index (χ0n) is 12.5. The van der Waals surface area contributed by atoms with Crippen LogP contribution in [0.1, 0.15) is 19.4 Å². The number of hydrogen-bond acceptors (Lipinski definition) is 4. The Morgan fingerprint density at radius 2 is 1.62 bits per heavy atom. The highest BCUT2D eigenvalue weighted by Crippen LogP contribution is 2.37. The molecule has 0 heterocycles. The van der Waals surface area contributed by atoms with Crippen molar-refractivity contribution < 1.29 is 27.8 Å². The van der Waals surface area contributed by atoms with Crippen molar-refractivity contribution in [2.24, 2.45) is 0 Å². The first-order valence-corrected chi connectivity index (χ1v) is 6.42. The van der Waals surface area contributed by atoms with Crippen molar-refractivity contribution in [2.45, 2.75) is 32.6 Å². The molecule has 0 aliphatic heterocycles. The maximum Gasteiger partial charge on any atom is 0.401 e. The van der Waals surface area contributed by atoms with Crippen LogP contribution in [-0.2, 0) is 6.54 Å². The summed E-state index contributed by atoms with van der Waals surface area (Å²) in [6.45, 7) is 2.46. The zero-order valence-corrected chi connectivity index (χ0v) is 12.5. The number of nitrogens with zero attached hydrogens (tertiary/aromatic N) is 1. The smallest absolute Gasteiger partial charge is 0.401 e. The third kappa shape index (κ3) is 5.00. The van der Waals surface area contributed by atoms with Crippen LogP contribution in [0.15, 0.2) is 12.1 Å². The van der Waals surface area contributed by atoms with Crippen LogP contribution < -0.4 is 9.47 Å². The Morgan fingerprint density at radius 3 is 1.95 bits per heavy atom. The maximum atomic E-state index is 12.6. The molecule has 1 rings (SSSR count). The van der Waals surface area contributed by atoms with E-state index in [0.29, 0.717) is 5.56 Å². The number of phenolic OH excluding ortho intramolecular Hbond substituents is 1. The van der Waals surface area contributed by atoms with E-state index in [4.69, 9.17) is 9.47 Å². The molecule has 0 bridgehead atoms. The summed E-state index contributed by atoms with van der Waals surface area (Å²) in [6.07, 6.45) is -4.27. The molecule has 0 saturated heterocycles. The van der Waals surface area contributed by atoms with Gasteiger partial charge in [0.15, 0.2) is 11.5 Å². The van der Waals surface area contributed by atoms with Crippen molar-refractivity contribution in [3.05, 3.63) is 17.7 Å². The standard InChI is InChI=1S/C14H20F3NO3/c1-9(2)18(8-14(15,16)17)7-10-5-11(20-3)13(19)12(6-10)21-4/h5-6,9,19H,7-8H2,1-4H3. The molecule has 7 heteroatoms. The fraction of sp³-hybridized carbons (Fsp3) is 0.571. The van der Waals surface area contributed by atoms with Gasteiger partial charge in [0.25, 0.3) is 0 Å².